The molecule has 1 unspecified atom stereocenters. The van der Waals surface area contributed by atoms with Crippen LogP contribution in [0.5, 0.6) is 0 Å². The third-order valence-corrected chi connectivity index (χ3v) is 4.60. The lowest BCUT2D eigenvalue weighted by molar-refractivity contribution is 0.418. The fourth-order valence-electron chi connectivity index (χ4n) is 1.27. The van der Waals surface area contributed by atoms with E-state index in [2.05, 4.69) is 37.3 Å². The van der Waals surface area contributed by atoms with Gasteiger partial charge in [-0.15, -0.1) is 0 Å². The van der Waals surface area contributed by atoms with Crippen molar-refractivity contribution in [2.45, 2.75) is 19.0 Å². The van der Waals surface area contributed by atoms with E-state index in [0.717, 1.165) is 6.04 Å². The molecule has 0 bridgehead atoms. The monoisotopic (exact) mass is 180 g/mol. The smallest absolute Gasteiger partial charge is 0.180 e. The van der Waals surface area contributed by atoms with Gasteiger partial charge in [0.05, 0.1) is 0 Å². The summed E-state index contributed by atoms with van der Waals surface area (Å²) >= 11 is 0. The van der Waals surface area contributed by atoms with Crippen LogP contribution in [-0.4, -0.2) is 16.2 Å². The van der Waals surface area contributed by atoms with E-state index in [1.807, 2.05) is 7.11 Å². The van der Waals surface area contributed by atoms with Crippen molar-refractivity contribution in [3.05, 3.63) is 35.9 Å². The van der Waals surface area contributed by atoms with Gasteiger partial charge in [-0.3, -0.25) is 0 Å². The Morgan fingerprint density at radius 1 is 1.25 bits per heavy atom. The van der Waals surface area contributed by atoms with Crippen molar-refractivity contribution in [3.63, 3.8) is 0 Å². The first-order valence-corrected chi connectivity index (χ1v) is 6.54. The Morgan fingerprint density at radius 3 is 2.42 bits per heavy atom. The molecule has 1 rings (SSSR count). The third kappa shape index (κ3) is 2.79. The van der Waals surface area contributed by atoms with E-state index in [-0.39, 0.29) is 0 Å². The van der Waals surface area contributed by atoms with E-state index in [1.165, 1.54) is 11.6 Å². The van der Waals surface area contributed by atoms with Crippen molar-refractivity contribution in [2.75, 3.05) is 7.11 Å². The van der Waals surface area contributed by atoms with Crippen molar-refractivity contribution in [1.29, 1.82) is 0 Å². The summed E-state index contributed by atoms with van der Waals surface area (Å²) in [5, 5.41) is 0. The zero-order valence-corrected chi connectivity index (χ0v) is 8.94. The second-order valence-corrected chi connectivity index (χ2v) is 5.90. The first kappa shape index (κ1) is 9.48. The van der Waals surface area contributed by atoms with Gasteiger partial charge in [-0.25, -0.2) is 0 Å². The number of hydrogen-bond donors (Lipinski definition) is 0. The average Bonchev–Trinajstić information content (AvgIpc) is 2.16. The average molecular weight is 180 g/mol. The molecule has 0 aliphatic carbocycles. The first-order chi connectivity index (χ1) is 5.86. The van der Waals surface area contributed by atoms with Crippen LogP contribution in [0, 0.1) is 0 Å². The summed E-state index contributed by atoms with van der Waals surface area (Å²) in [4.78, 5) is 0. The molecule has 0 N–H and O–H groups in total. The molecule has 2 heteroatoms. The molecule has 0 fully saturated rings. The van der Waals surface area contributed by atoms with E-state index in [9.17, 15) is 0 Å². The van der Waals surface area contributed by atoms with E-state index >= 15 is 0 Å². The molecule has 12 heavy (non-hydrogen) atoms. The minimum absolute atomic E-state index is 0.919. The molecule has 1 aromatic carbocycles. The van der Waals surface area contributed by atoms with Crippen molar-refractivity contribution >= 4 is 9.04 Å². The lowest BCUT2D eigenvalue weighted by atomic mass is 10.2. The van der Waals surface area contributed by atoms with Crippen LogP contribution in [0.4, 0.5) is 0 Å². The normalized spacial score (nSPS) is 12.8. The SMILES string of the molecule is CC[SiH](Cc1ccccc1)OC. The van der Waals surface area contributed by atoms with Crippen molar-refractivity contribution in [1.82, 2.24) is 0 Å². The molecule has 0 saturated carbocycles. The van der Waals surface area contributed by atoms with Gasteiger partial charge in [0.2, 0.25) is 0 Å². The Morgan fingerprint density at radius 2 is 1.92 bits per heavy atom. The summed E-state index contributed by atoms with van der Waals surface area (Å²) in [6.07, 6.45) is 0. The zero-order chi connectivity index (χ0) is 8.81. The van der Waals surface area contributed by atoms with Crippen LogP contribution in [0.25, 0.3) is 0 Å². The molecular weight excluding hydrogens is 164 g/mol. The molecule has 0 heterocycles. The molecule has 0 aliphatic rings. The molecule has 66 valence electrons. The molecular formula is C10H16OSi. The highest BCUT2D eigenvalue weighted by molar-refractivity contribution is 6.51. The predicted molar refractivity (Wildman–Crippen MR) is 54.8 cm³/mol. The van der Waals surface area contributed by atoms with Gasteiger partial charge in [-0.2, -0.15) is 0 Å². The Labute approximate surface area is 76.1 Å². The van der Waals surface area contributed by atoms with Crippen LogP contribution in [0.3, 0.4) is 0 Å². The predicted octanol–water partition coefficient (Wildman–Crippen LogP) is 2.16. The van der Waals surface area contributed by atoms with Crippen molar-refractivity contribution in [2.24, 2.45) is 0 Å². The van der Waals surface area contributed by atoms with Crippen LogP contribution in [0.15, 0.2) is 30.3 Å². The van der Waals surface area contributed by atoms with Gasteiger partial charge >= 0.3 is 0 Å². The highest BCUT2D eigenvalue weighted by Crippen LogP contribution is 2.04. The molecule has 0 spiro atoms. The van der Waals surface area contributed by atoms with E-state index in [4.69, 9.17) is 4.43 Å². The molecule has 0 aliphatic heterocycles. The summed E-state index contributed by atoms with van der Waals surface area (Å²) in [5.74, 6) is 0. The van der Waals surface area contributed by atoms with Gasteiger partial charge in [-0.05, 0) is 17.7 Å². The maximum absolute atomic E-state index is 5.44. The number of benzene rings is 1. The molecule has 1 aromatic rings. The molecule has 1 nitrogen and oxygen atoms in total. The van der Waals surface area contributed by atoms with Gasteiger partial charge < -0.3 is 4.43 Å². The maximum atomic E-state index is 5.44. The second kappa shape index (κ2) is 5.12. The zero-order valence-electron chi connectivity index (χ0n) is 7.79. The van der Waals surface area contributed by atoms with Gasteiger partial charge in [0.15, 0.2) is 9.04 Å². The number of rotatable bonds is 4. The highest BCUT2D eigenvalue weighted by Gasteiger charge is 2.07. The fourth-order valence-corrected chi connectivity index (χ4v) is 2.86. The van der Waals surface area contributed by atoms with Crippen molar-refractivity contribution < 1.29 is 4.43 Å². The summed E-state index contributed by atoms with van der Waals surface area (Å²) < 4.78 is 5.44. The van der Waals surface area contributed by atoms with E-state index in [0.29, 0.717) is 0 Å². The molecule has 0 radical (unpaired) electrons. The van der Waals surface area contributed by atoms with Crippen molar-refractivity contribution in [3.8, 4) is 0 Å². The Bertz CT molecular complexity index is 206. The van der Waals surface area contributed by atoms with Gasteiger partial charge in [0.1, 0.15) is 0 Å². The van der Waals surface area contributed by atoms with E-state index in [1.54, 1.807) is 0 Å². The summed E-state index contributed by atoms with van der Waals surface area (Å²) in [6, 6.07) is 13.0. The lowest BCUT2D eigenvalue weighted by Crippen LogP contribution is -2.18. The summed E-state index contributed by atoms with van der Waals surface area (Å²) in [5.41, 5.74) is 1.41. The molecule has 1 atom stereocenters. The Balaban J connectivity index is 2.51. The standard InChI is InChI=1S/C10H16OSi/c1-3-12(11-2)9-10-7-5-4-6-8-10/h4-8,12H,3,9H2,1-2H3. The fraction of sp³-hybridized carbons (Fsp3) is 0.400. The topological polar surface area (TPSA) is 9.23 Å². The Kier molecular flexibility index (Phi) is 4.04. The van der Waals surface area contributed by atoms with Crippen LogP contribution >= 0.6 is 0 Å². The maximum Gasteiger partial charge on any atom is 0.180 e. The quantitative estimate of drug-likeness (QED) is 0.645. The van der Waals surface area contributed by atoms with Crippen LogP contribution in [-0.2, 0) is 10.5 Å². The van der Waals surface area contributed by atoms with Gasteiger partial charge in [-0.1, -0.05) is 37.3 Å². The van der Waals surface area contributed by atoms with Gasteiger partial charge in [0.25, 0.3) is 0 Å². The first-order valence-electron chi connectivity index (χ1n) is 4.43. The Hall–Kier alpha value is -0.603. The highest BCUT2D eigenvalue weighted by atomic mass is 28.3. The van der Waals surface area contributed by atoms with Crippen LogP contribution < -0.4 is 0 Å². The second-order valence-electron chi connectivity index (χ2n) is 2.96. The molecule has 0 amide bonds. The summed E-state index contributed by atoms with van der Waals surface area (Å²) in [6.45, 7) is 2.21. The minimum atomic E-state index is -0.919. The summed E-state index contributed by atoms with van der Waals surface area (Å²) in [7, 11) is 0.918. The van der Waals surface area contributed by atoms with Gasteiger partial charge in [0, 0.05) is 7.11 Å². The third-order valence-electron chi connectivity index (χ3n) is 2.09. The minimum Gasteiger partial charge on any atom is -0.423 e. The lowest BCUT2D eigenvalue weighted by Gasteiger charge is -2.09. The molecule has 0 saturated heterocycles. The number of hydrogen-bond acceptors (Lipinski definition) is 1. The largest absolute Gasteiger partial charge is 0.423 e. The van der Waals surface area contributed by atoms with Crippen LogP contribution in [0.2, 0.25) is 6.04 Å². The van der Waals surface area contributed by atoms with E-state index < -0.39 is 9.04 Å². The molecule has 0 aromatic heterocycles. The van der Waals surface area contributed by atoms with Crippen LogP contribution in [0.1, 0.15) is 12.5 Å².